The van der Waals surface area contributed by atoms with Gasteiger partial charge in [-0.15, -0.1) is 0 Å². The molecule has 0 aliphatic heterocycles. The van der Waals surface area contributed by atoms with E-state index in [1.54, 1.807) is 13.8 Å². The smallest absolute Gasteiger partial charge is 0.303 e. The zero-order valence-corrected chi connectivity index (χ0v) is 8.90. The fourth-order valence-electron chi connectivity index (χ4n) is 1.43. The predicted molar refractivity (Wildman–Crippen MR) is 52.5 cm³/mol. The average molecular weight is 216 g/mol. The summed E-state index contributed by atoms with van der Waals surface area (Å²) in [6.45, 7) is 3.41. The first-order valence-corrected chi connectivity index (χ1v) is 4.67. The molecule has 0 fully saturated rings. The van der Waals surface area contributed by atoms with E-state index in [2.05, 4.69) is 0 Å². The molecule has 0 rings (SSSR count). The standard InChI is InChI=1S/C10H16O5/c1-10(2,3-4-11)7(5-8(12)13)6-9(14)15/h4,7H,3,5-6H2,1-2H3,(H,12,13)(H,14,15). The van der Waals surface area contributed by atoms with Crippen molar-refractivity contribution < 1.29 is 24.6 Å². The van der Waals surface area contributed by atoms with Crippen LogP contribution < -0.4 is 0 Å². The predicted octanol–water partition coefficient (Wildman–Crippen LogP) is 1.17. The van der Waals surface area contributed by atoms with Gasteiger partial charge in [0, 0.05) is 19.3 Å². The minimum Gasteiger partial charge on any atom is -0.481 e. The lowest BCUT2D eigenvalue weighted by Gasteiger charge is -2.30. The van der Waals surface area contributed by atoms with E-state index in [0.717, 1.165) is 0 Å². The Morgan fingerprint density at radius 1 is 1.20 bits per heavy atom. The molecule has 0 amide bonds. The molecule has 0 bridgehead atoms. The number of rotatable bonds is 7. The number of carboxylic acids is 2. The molecular formula is C10H16O5. The van der Waals surface area contributed by atoms with Crippen molar-refractivity contribution in [3.8, 4) is 0 Å². The summed E-state index contributed by atoms with van der Waals surface area (Å²) < 4.78 is 0. The molecule has 15 heavy (non-hydrogen) atoms. The molecular weight excluding hydrogens is 200 g/mol. The number of hydrogen-bond donors (Lipinski definition) is 2. The van der Waals surface area contributed by atoms with Crippen LogP contribution in [0.3, 0.4) is 0 Å². The first kappa shape index (κ1) is 13.6. The Bertz CT molecular complexity index is 241. The van der Waals surface area contributed by atoms with E-state index in [0.29, 0.717) is 6.29 Å². The van der Waals surface area contributed by atoms with Crippen LogP contribution in [0.25, 0.3) is 0 Å². The second-order valence-electron chi connectivity index (χ2n) is 4.25. The van der Waals surface area contributed by atoms with Crippen molar-refractivity contribution in [1.29, 1.82) is 0 Å². The lowest BCUT2D eigenvalue weighted by atomic mass is 9.73. The van der Waals surface area contributed by atoms with E-state index in [1.807, 2.05) is 0 Å². The first-order chi connectivity index (χ1) is 6.79. The number of aliphatic carboxylic acids is 2. The maximum Gasteiger partial charge on any atom is 0.303 e. The van der Waals surface area contributed by atoms with E-state index in [-0.39, 0.29) is 19.3 Å². The van der Waals surface area contributed by atoms with Crippen molar-refractivity contribution in [2.24, 2.45) is 11.3 Å². The maximum absolute atomic E-state index is 10.6. The molecule has 0 aromatic heterocycles. The molecule has 0 aliphatic carbocycles. The number of carbonyl (C=O) groups excluding carboxylic acids is 1. The van der Waals surface area contributed by atoms with Gasteiger partial charge in [-0.2, -0.15) is 0 Å². The van der Waals surface area contributed by atoms with Gasteiger partial charge in [0.25, 0.3) is 0 Å². The highest BCUT2D eigenvalue weighted by Gasteiger charge is 2.32. The van der Waals surface area contributed by atoms with Crippen LogP contribution in [0.4, 0.5) is 0 Å². The largest absolute Gasteiger partial charge is 0.481 e. The van der Waals surface area contributed by atoms with Gasteiger partial charge in [0.2, 0.25) is 0 Å². The van der Waals surface area contributed by atoms with Gasteiger partial charge in [0.05, 0.1) is 0 Å². The van der Waals surface area contributed by atoms with Gasteiger partial charge in [0.1, 0.15) is 6.29 Å². The lowest BCUT2D eigenvalue weighted by molar-refractivity contribution is -0.143. The molecule has 0 aliphatic rings. The SMILES string of the molecule is CC(C)(CC=O)C(CC(=O)O)CC(=O)O. The summed E-state index contributed by atoms with van der Waals surface area (Å²) in [6.07, 6.45) is 0.398. The van der Waals surface area contributed by atoms with Gasteiger partial charge in [-0.05, 0) is 11.3 Å². The Hall–Kier alpha value is -1.39. The summed E-state index contributed by atoms with van der Waals surface area (Å²) in [5, 5.41) is 17.3. The highest BCUT2D eigenvalue weighted by atomic mass is 16.4. The third kappa shape index (κ3) is 5.15. The second kappa shape index (κ2) is 5.48. The van der Waals surface area contributed by atoms with Gasteiger partial charge >= 0.3 is 11.9 Å². The van der Waals surface area contributed by atoms with Gasteiger partial charge in [-0.3, -0.25) is 9.59 Å². The molecule has 5 heteroatoms. The molecule has 0 spiro atoms. The minimum atomic E-state index is -1.04. The number of carboxylic acid groups (broad SMARTS) is 2. The highest BCUT2D eigenvalue weighted by molar-refractivity contribution is 5.71. The van der Waals surface area contributed by atoms with E-state index < -0.39 is 23.3 Å². The number of hydrogen-bond acceptors (Lipinski definition) is 3. The summed E-state index contributed by atoms with van der Waals surface area (Å²) in [5.41, 5.74) is -0.599. The van der Waals surface area contributed by atoms with Crippen LogP contribution in [0.1, 0.15) is 33.1 Å². The minimum absolute atomic E-state index is 0.165. The van der Waals surface area contributed by atoms with Crippen molar-refractivity contribution in [2.75, 3.05) is 0 Å². The van der Waals surface area contributed by atoms with Crippen molar-refractivity contribution in [2.45, 2.75) is 33.1 Å². The summed E-state index contributed by atoms with van der Waals surface area (Å²) in [5.74, 6) is -2.61. The average Bonchev–Trinajstić information content (AvgIpc) is 2.00. The summed E-state index contributed by atoms with van der Waals surface area (Å²) in [7, 11) is 0. The Labute approximate surface area is 88.1 Å². The molecule has 0 radical (unpaired) electrons. The van der Waals surface area contributed by atoms with Crippen LogP contribution in [-0.2, 0) is 14.4 Å². The first-order valence-electron chi connectivity index (χ1n) is 4.67. The maximum atomic E-state index is 10.6. The quantitative estimate of drug-likeness (QED) is 0.623. The zero-order valence-electron chi connectivity index (χ0n) is 8.90. The molecule has 0 heterocycles. The number of aldehydes is 1. The molecule has 0 unspecified atom stereocenters. The zero-order chi connectivity index (χ0) is 12.1. The van der Waals surface area contributed by atoms with Crippen LogP contribution in [0.5, 0.6) is 0 Å². The van der Waals surface area contributed by atoms with Crippen LogP contribution >= 0.6 is 0 Å². The molecule has 0 aromatic rings. The van der Waals surface area contributed by atoms with Crippen molar-refractivity contribution >= 4 is 18.2 Å². The van der Waals surface area contributed by atoms with Crippen molar-refractivity contribution in [3.63, 3.8) is 0 Å². The topological polar surface area (TPSA) is 91.7 Å². The summed E-state index contributed by atoms with van der Waals surface area (Å²) in [6, 6.07) is 0. The van der Waals surface area contributed by atoms with E-state index >= 15 is 0 Å². The number of carbonyl (C=O) groups is 3. The lowest BCUT2D eigenvalue weighted by Crippen LogP contribution is -2.29. The van der Waals surface area contributed by atoms with Crippen LogP contribution in [-0.4, -0.2) is 28.4 Å². The molecule has 0 saturated carbocycles. The Morgan fingerprint density at radius 2 is 1.60 bits per heavy atom. The highest BCUT2D eigenvalue weighted by Crippen LogP contribution is 2.34. The third-order valence-electron chi connectivity index (χ3n) is 2.56. The normalized spacial score (nSPS) is 11.4. The van der Waals surface area contributed by atoms with Crippen LogP contribution in [0.15, 0.2) is 0 Å². The van der Waals surface area contributed by atoms with Gasteiger partial charge in [0.15, 0.2) is 0 Å². The third-order valence-corrected chi connectivity index (χ3v) is 2.56. The fraction of sp³-hybridized carbons (Fsp3) is 0.700. The molecule has 0 atom stereocenters. The second-order valence-corrected chi connectivity index (χ2v) is 4.25. The fourth-order valence-corrected chi connectivity index (χ4v) is 1.43. The van der Waals surface area contributed by atoms with Crippen LogP contribution in [0.2, 0.25) is 0 Å². The Balaban J connectivity index is 4.65. The monoisotopic (exact) mass is 216 g/mol. The summed E-state index contributed by atoms with van der Waals surface area (Å²) in [4.78, 5) is 31.5. The summed E-state index contributed by atoms with van der Waals surface area (Å²) >= 11 is 0. The Morgan fingerprint density at radius 3 is 1.87 bits per heavy atom. The molecule has 86 valence electrons. The molecule has 5 nitrogen and oxygen atoms in total. The van der Waals surface area contributed by atoms with E-state index in [9.17, 15) is 14.4 Å². The Kier molecular flexibility index (Phi) is 4.97. The van der Waals surface area contributed by atoms with Gasteiger partial charge < -0.3 is 15.0 Å². The van der Waals surface area contributed by atoms with E-state index in [1.165, 1.54) is 0 Å². The van der Waals surface area contributed by atoms with Crippen molar-refractivity contribution in [3.05, 3.63) is 0 Å². The van der Waals surface area contributed by atoms with E-state index in [4.69, 9.17) is 10.2 Å². The van der Waals surface area contributed by atoms with Crippen molar-refractivity contribution in [1.82, 2.24) is 0 Å². The molecule has 2 N–H and O–H groups in total. The van der Waals surface area contributed by atoms with Gasteiger partial charge in [-0.1, -0.05) is 13.8 Å². The molecule has 0 aromatic carbocycles. The van der Waals surface area contributed by atoms with Crippen LogP contribution in [0, 0.1) is 11.3 Å². The van der Waals surface area contributed by atoms with Gasteiger partial charge in [-0.25, -0.2) is 0 Å². The molecule has 0 saturated heterocycles.